The molecule has 1 aliphatic rings. The summed E-state index contributed by atoms with van der Waals surface area (Å²) in [5.74, 6) is 0. The number of aromatic nitrogens is 1. The second-order valence-corrected chi connectivity index (χ2v) is 5.14. The Morgan fingerprint density at radius 1 is 0.762 bits per heavy atom. The highest BCUT2D eigenvalue weighted by Gasteiger charge is 2.08. The summed E-state index contributed by atoms with van der Waals surface area (Å²) in [7, 11) is 0. The van der Waals surface area contributed by atoms with Crippen molar-refractivity contribution in [3.05, 3.63) is 66.9 Å². The summed E-state index contributed by atoms with van der Waals surface area (Å²) in [6, 6.07) is 20.9. The van der Waals surface area contributed by atoms with Gasteiger partial charge in [-0.1, -0.05) is 36.4 Å². The molecule has 2 N–H and O–H groups in total. The highest BCUT2D eigenvalue weighted by molar-refractivity contribution is 5.78. The number of anilines is 1. The summed E-state index contributed by atoms with van der Waals surface area (Å²) in [6.07, 6.45) is 1.95. The van der Waals surface area contributed by atoms with Gasteiger partial charge in [-0.2, -0.15) is 0 Å². The molecule has 0 saturated carbocycles. The van der Waals surface area contributed by atoms with Crippen LogP contribution in [0.4, 0.5) is 5.69 Å². The van der Waals surface area contributed by atoms with Gasteiger partial charge in [0.15, 0.2) is 0 Å². The largest absolute Gasteiger partial charge is 0.369 e. The Morgan fingerprint density at radius 3 is 2.24 bits per heavy atom. The van der Waals surface area contributed by atoms with Crippen molar-refractivity contribution in [3.8, 4) is 0 Å². The molecule has 2 aromatic carbocycles. The van der Waals surface area contributed by atoms with E-state index in [1.54, 1.807) is 0 Å². The monoisotopic (exact) mass is 279 g/mol. The minimum atomic E-state index is 1.11. The Labute approximate surface area is 125 Å². The maximum absolute atomic E-state index is 3.34. The summed E-state index contributed by atoms with van der Waals surface area (Å²) in [6.45, 7) is 4.47. The SMILES string of the molecule is c1ccc(N2CCNCC2)cc1.c1ccc2[nH]ccc2c1. The van der Waals surface area contributed by atoms with Gasteiger partial charge < -0.3 is 15.2 Å². The van der Waals surface area contributed by atoms with E-state index in [0.717, 1.165) is 26.2 Å². The molecule has 1 aliphatic heterocycles. The van der Waals surface area contributed by atoms with Gasteiger partial charge in [0.05, 0.1) is 0 Å². The molecule has 1 fully saturated rings. The first-order valence-electron chi connectivity index (χ1n) is 7.46. The van der Waals surface area contributed by atoms with Crippen LogP contribution in [0.1, 0.15) is 0 Å². The molecule has 0 radical (unpaired) electrons. The first-order chi connectivity index (χ1) is 10.4. The van der Waals surface area contributed by atoms with Crippen LogP contribution in [-0.4, -0.2) is 31.2 Å². The van der Waals surface area contributed by atoms with Crippen molar-refractivity contribution >= 4 is 16.6 Å². The van der Waals surface area contributed by atoms with Gasteiger partial charge in [0, 0.05) is 43.6 Å². The van der Waals surface area contributed by atoms with Crippen LogP contribution < -0.4 is 10.2 Å². The zero-order valence-electron chi connectivity index (χ0n) is 12.1. The van der Waals surface area contributed by atoms with Crippen LogP contribution in [0.3, 0.4) is 0 Å². The van der Waals surface area contributed by atoms with E-state index in [1.165, 1.54) is 16.6 Å². The summed E-state index contributed by atoms with van der Waals surface area (Å²) >= 11 is 0. The molecule has 108 valence electrons. The second-order valence-electron chi connectivity index (χ2n) is 5.14. The number of nitrogens with one attached hydrogen (secondary N) is 2. The molecule has 1 aromatic heterocycles. The van der Waals surface area contributed by atoms with E-state index in [9.17, 15) is 0 Å². The summed E-state index contributed by atoms with van der Waals surface area (Å²) in [5.41, 5.74) is 2.55. The lowest BCUT2D eigenvalue weighted by molar-refractivity contribution is 0.589. The number of aromatic amines is 1. The number of H-pyrrole nitrogens is 1. The molecule has 0 bridgehead atoms. The van der Waals surface area contributed by atoms with E-state index in [-0.39, 0.29) is 0 Å². The van der Waals surface area contributed by atoms with Crippen LogP contribution in [0.2, 0.25) is 0 Å². The number of hydrogen-bond acceptors (Lipinski definition) is 2. The predicted octanol–water partition coefficient (Wildman–Crippen LogP) is 3.26. The van der Waals surface area contributed by atoms with Crippen LogP contribution in [0.15, 0.2) is 66.9 Å². The van der Waals surface area contributed by atoms with Crippen LogP contribution in [0, 0.1) is 0 Å². The van der Waals surface area contributed by atoms with E-state index < -0.39 is 0 Å². The predicted molar refractivity (Wildman–Crippen MR) is 89.8 cm³/mol. The Bertz CT molecular complexity index is 624. The maximum atomic E-state index is 3.34. The van der Waals surface area contributed by atoms with Crippen molar-refractivity contribution in [2.45, 2.75) is 0 Å². The average Bonchev–Trinajstić information content (AvgIpc) is 3.06. The molecule has 4 rings (SSSR count). The molecule has 0 unspecified atom stereocenters. The Balaban J connectivity index is 0.000000131. The van der Waals surface area contributed by atoms with E-state index >= 15 is 0 Å². The number of nitrogens with zero attached hydrogens (tertiary/aromatic N) is 1. The Kier molecular flexibility index (Phi) is 4.54. The van der Waals surface area contributed by atoms with Gasteiger partial charge in [-0.3, -0.25) is 0 Å². The number of para-hydroxylation sites is 2. The third-order valence-electron chi connectivity index (χ3n) is 3.70. The first-order valence-corrected chi connectivity index (χ1v) is 7.46. The lowest BCUT2D eigenvalue weighted by Crippen LogP contribution is -2.43. The summed E-state index contributed by atoms with van der Waals surface area (Å²) < 4.78 is 0. The van der Waals surface area contributed by atoms with Crippen molar-refractivity contribution in [1.82, 2.24) is 10.3 Å². The Morgan fingerprint density at radius 2 is 1.48 bits per heavy atom. The van der Waals surface area contributed by atoms with Crippen LogP contribution in [-0.2, 0) is 0 Å². The lowest BCUT2D eigenvalue weighted by Gasteiger charge is -2.29. The number of piperazine rings is 1. The quantitative estimate of drug-likeness (QED) is 0.716. The van der Waals surface area contributed by atoms with Crippen molar-refractivity contribution in [2.24, 2.45) is 0 Å². The van der Waals surface area contributed by atoms with Crippen LogP contribution in [0.5, 0.6) is 0 Å². The number of benzene rings is 2. The Hall–Kier alpha value is -2.26. The molecule has 0 atom stereocenters. The van der Waals surface area contributed by atoms with Gasteiger partial charge in [0.2, 0.25) is 0 Å². The molecule has 3 nitrogen and oxygen atoms in total. The standard InChI is InChI=1S/C10H14N2.C8H7N/c1-2-4-10(5-3-1)12-8-6-11-7-9-12;1-2-4-8-7(3-1)5-6-9-8/h1-5,11H,6-9H2;1-6,9H. The van der Waals surface area contributed by atoms with Gasteiger partial charge >= 0.3 is 0 Å². The molecule has 1 saturated heterocycles. The molecular formula is C18H21N3. The summed E-state index contributed by atoms with van der Waals surface area (Å²) in [5, 5.41) is 4.62. The molecule has 0 amide bonds. The minimum absolute atomic E-state index is 1.11. The van der Waals surface area contributed by atoms with Crippen LogP contribution in [0.25, 0.3) is 10.9 Å². The van der Waals surface area contributed by atoms with E-state index in [4.69, 9.17) is 0 Å². The lowest BCUT2D eigenvalue weighted by atomic mass is 10.2. The summed E-state index contributed by atoms with van der Waals surface area (Å²) in [4.78, 5) is 5.53. The van der Waals surface area contributed by atoms with Crippen molar-refractivity contribution in [1.29, 1.82) is 0 Å². The molecule has 2 heterocycles. The van der Waals surface area contributed by atoms with E-state index in [0.29, 0.717) is 0 Å². The average molecular weight is 279 g/mol. The minimum Gasteiger partial charge on any atom is -0.369 e. The highest BCUT2D eigenvalue weighted by Crippen LogP contribution is 2.12. The molecule has 3 heteroatoms. The molecule has 3 aromatic rings. The normalized spacial score (nSPS) is 14.6. The molecule has 21 heavy (non-hydrogen) atoms. The van der Waals surface area contributed by atoms with Crippen LogP contribution >= 0.6 is 0 Å². The van der Waals surface area contributed by atoms with Crippen molar-refractivity contribution in [3.63, 3.8) is 0 Å². The second kappa shape index (κ2) is 6.95. The van der Waals surface area contributed by atoms with Crippen molar-refractivity contribution < 1.29 is 0 Å². The zero-order valence-corrected chi connectivity index (χ0v) is 12.1. The number of rotatable bonds is 1. The van der Waals surface area contributed by atoms with Gasteiger partial charge in [0.1, 0.15) is 0 Å². The van der Waals surface area contributed by atoms with Gasteiger partial charge in [-0.25, -0.2) is 0 Å². The topological polar surface area (TPSA) is 31.1 Å². The van der Waals surface area contributed by atoms with E-state index in [2.05, 4.69) is 63.7 Å². The third-order valence-corrected chi connectivity index (χ3v) is 3.70. The highest BCUT2D eigenvalue weighted by atomic mass is 15.2. The van der Waals surface area contributed by atoms with Gasteiger partial charge in [0.25, 0.3) is 0 Å². The van der Waals surface area contributed by atoms with Gasteiger partial charge in [-0.15, -0.1) is 0 Å². The van der Waals surface area contributed by atoms with Gasteiger partial charge in [-0.05, 0) is 29.7 Å². The number of fused-ring (bicyclic) bond motifs is 1. The fraction of sp³-hybridized carbons (Fsp3) is 0.222. The van der Waals surface area contributed by atoms with E-state index in [1.807, 2.05) is 18.3 Å². The maximum Gasteiger partial charge on any atom is 0.0453 e. The number of hydrogen-bond donors (Lipinski definition) is 2. The first kappa shape index (κ1) is 13.7. The molecular weight excluding hydrogens is 258 g/mol. The molecule has 0 aliphatic carbocycles. The van der Waals surface area contributed by atoms with Crippen molar-refractivity contribution in [2.75, 3.05) is 31.1 Å². The fourth-order valence-electron chi connectivity index (χ4n) is 2.56. The molecule has 0 spiro atoms. The smallest absolute Gasteiger partial charge is 0.0453 e. The zero-order chi connectivity index (χ0) is 14.3. The fourth-order valence-corrected chi connectivity index (χ4v) is 2.56. The third kappa shape index (κ3) is 3.64.